The molecule has 7 heteroatoms. The predicted octanol–water partition coefficient (Wildman–Crippen LogP) is 3.50. The van der Waals surface area contributed by atoms with Gasteiger partial charge in [0, 0.05) is 17.8 Å². The zero-order valence-corrected chi connectivity index (χ0v) is 12.0. The summed E-state index contributed by atoms with van der Waals surface area (Å²) in [6, 6.07) is 3.38. The number of thiocarbonyl (C=S) groups is 1. The summed E-state index contributed by atoms with van der Waals surface area (Å²) < 4.78 is 37.8. The third-order valence-electron chi connectivity index (χ3n) is 2.45. The van der Waals surface area contributed by atoms with Crippen molar-refractivity contribution in [2.75, 3.05) is 23.9 Å². The highest BCUT2D eigenvalue weighted by Crippen LogP contribution is 2.31. The Labute approximate surface area is 119 Å². The van der Waals surface area contributed by atoms with Crippen LogP contribution in [0.3, 0.4) is 0 Å². The minimum atomic E-state index is -4.39. The van der Waals surface area contributed by atoms with Gasteiger partial charge in [-0.25, -0.2) is 0 Å². The lowest BCUT2D eigenvalue weighted by atomic mass is 10.1. The third kappa shape index (κ3) is 4.91. The fraction of sp³-hybridized carbons (Fsp3) is 0.417. The van der Waals surface area contributed by atoms with Crippen molar-refractivity contribution in [1.82, 2.24) is 0 Å². The third-order valence-corrected chi connectivity index (χ3v) is 3.37. The molecule has 0 aliphatic rings. The number of benzene rings is 1. The van der Waals surface area contributed by atoms with E-state index in [1.807, 2.05) is 6.26 Å². The van der Waals surface area contributed by atoms with Crippen LogP contribution in [0.15, 0.2) is 18.2 Å². The van der Waals surface area contributed by atoms with Crippen LogP contribution < -0.4 is 11.1 Å². The van der Waals surface area contributed by atoms with E-state index in [1.54, 1.807) is 11.8 Å². The number of alkyl halides is 3. The summed E-state index contributed by atoms with van der Waals surface area (Å²) in [4.78, 5) is -0.0431. The minimum Gasteiger partial charge on any atom is -0.389 e. The van der Waals surface area contributed by atoms with E-state index < -0.39 is 11.7 Å². The van der Waals surface area contributed by atoms with E-state index in [0.717, 1.165) is 24.3 Å². The number of rotatable bonds is 6. The van der Waals surface area contributed by atoms with Crippen LogP contribution in [0.2, 0.25) is 0 Å². The smallest absolute Gasteiger partial charge is 0.389 e. The van der Waals surface area contributed by atoms with Crippen molar-refractivity contribution in [3.63, 3.8) is 0 Å². The van der Waals surface area contributed by atoms with Gasteiger partial charge >= 0.3 is 6.18 Å². The molecule has 0 aliphatic heterocycles. The first-order valence-electron chi connectivity index (χ1n) is 5.60. The van der Waals surface area contributed by atoms with E-state index in [0.29, 0.717) is 12.2 Å². The average molecular weight is 308 g/mol. The first-order valence-corrected chi connectivity index (χ1v) is 7.40. The quantitative estimate of drug-likeness (QED) is 0.623. The minimum absolute atomic E-state index is 0.0431. The maximum absolute atomic E-state index is 12.6. The Morgan fingerprint density at radius 2 is 2.11 bits per heavy atom. The monoisotopic (exact) mass is 308 g/mol. The molecule has 0 unspecified atom stereocenters. The van der Waals surface area contributed by atoms with E-state index in [-0.39, 0.29) is 10.6 Å². The largest absolute Gasteiger partial charge is 0.416 e. The summed E-state index contributed by atoms with van der Waals surface area (Å²) >= 11 is 6.51. The van der Waals surface area contributed by atoms with Crippen molar-refractivity contribution in [2.24, 2.45) is 5.73 Å². The molecule has 2 nitrogen and oxygen atoms in total. The Kier molecular flexibility index (Phi) is 5.93. The second kappa shape index (κ2) is 7.00. The number of nitrogens with two attached hydrogens (primary N) is 1. The van der Waals surface area contributed by atoms with Gasteiger partial charge in [-0.2, -0.15) is 24.9 Å². The van der Waals surface area contributed by atoms with Crippen LogP contribution in [0, 0.1) is 0 Å². The van der Waals surface area contributed by atoms with Crippen molar-refractivity contribution >= 4 is 34.7 Å². The maximum Gasteiger partial charge on any atom is 0.416 e. The number of hydrogen-bond donors (Lipinski definition) is 2. The van der Waals surface area contributed by atoms with Gasteiger partial charge in [-0.1, -0.05) is 12.2 Å². The van der Waals surface area contributed by atoms with Gasteiger partial charge in [-0.3, -0.25) is 0 Å². The summed E-state index contributed by atoms with van der Waals surface area (Å²) in [6.45, 7) is 0.668. The van der Waals surface area contributed by atoms with E-state index in [4.69, 9.17) is 18.0 Å². The zero-order chi connectivity index (χ0) is 14.5. The number of hydrogen-bond acceptors (Lipinski definition) is 3. The van der Waals surface area contributed by atoms with Crippen LogP contribution in [0.1, 0.15) is 17.5 Å². The number of nitrogens with one attached hydrogen (secondary N) is 1. The Bertz CT molecular complexity index is 447. The number of halogens is 3. The lowest BCUT2D eigenvalue weighted by molar-refractivity contribution is -0.137. The van der Waals surface area contributed by atoms with Crippen LogP contribution in [-0.2, 0) is 6.18 Å². The SMILES string of the molecule is CSCCCNc1ccc(C(F)(F)F)cc1C(N)=S. The van der Waals surface area contributed by atoms with E-state index in [2.05, 4.69) is 5.32 Å². The van der Waals surface area contributed by atoms with Crippen LogP contribution in [-0.4, -0.2) is 23.5 Å². The molecule has 0 spiro atoms. The standard InChI is InChI=1S/C12H15F3N2S2/c1-19-6-2-5-17-10-4-3-8(12(13,14)15)7-9(10)11(16)18/h3-4,7,17H,2,5-6H2,1H3,(H2,16,18). The second-order valence-corrected chi connectivity index (χ2v) is 5.32. The fourth-order valence-corrected chi connectivity index (χ4v) is 2.12. The molecule has 0 aliphatic carbocycles. The molecule has 106 valence electrons. The molecule has 0 heterocycles. The number of anilines is 1. The van der Waals surface area contributed by atoms with E-state index in [9.17, 15) is 13.2 Å². The molecule has 0 fully saturated rings. The maximum atomic E-state index is 12.6. The first kappa shape index (κ1) is 16.1. The van der Waals surface area contributed by atoms with Crippen molar-refractivity contribution < 1.29 is 13.2 Å². The molecular formula is C12H15F3N2S2. The van der Waals surface area contributed by atoms with Crippen molar-refractivity contribution in [2.45, 2.75) is 12.6 Å². The lowest BCUT2D eigenvalue weighted by Crippen LogP contribution is -2.16. The van der Waals surface area contributed by atoms with Crippen LogP contribution in [0.25, 0.3) is 0 Å². The molecule has 0 aromatic heterocycles. The van der Waals surface area contributed by atoms with Gasteiger partial charge in [0.15, 0.2) is 0 Å². The molecule has 3 N–H and O–H groups in total. The first-order chi connectivity index (χ1) is 8.86. The molecule has 0 amide bonds. The molecule has 0 radical (unpaired) electrons. The molecule has 0 atom stereocenters. The topological polar surface area (TPSA) is 38.0 Å². The molecule has 0 bridgehead atoms. The Morgan fingerprint density at radius 1 is 1.42 bits per heavy atom. The van der Waals surface area contributed by atoms with Gasteiger partial charge in [0.05, 0.1) is 5.56 Å². The van der Waals surface area contributed by atoms with Gasteiger partial charge in [0.2, 0.25) is 0 Å². The normalized spacial score (nSPS) is 11.4. The molecule has 0 saturated heterocycles. The van der Waals surface area contributed by atoms with Crippen LogP contribution in [0.5, 0.6) is 0 Å². The summed E-state index contributed by atoms with van der Waals surface area (Å²) in [5, 5.41) is 3.06. The molecule has 1 aromatic rings. The summed E-state index contributed by atoms with van der Waals surface area (Å²) in [5.41, 5.74) is 5.51. The Hall–Kier alpha value is -0.950. The van der Waals surface area contributed by atoms with Gasteiger partial charge in [0.1, 0.15) is 4.99 Å². The Balaban J connectivity index is 2.90. The van der Waals surface area contributed by atoms with Crippen molar-refractivity contribution in [1.29, 1.82) is 0 Å². The molecule has 1 rings (SSSR count). The van der Waals surface area contributed by atoms with Gasteiger partial charge in [-0.15, -0.1) is 0 Å². The van der Waals surface area contributed by atoms with Crippen LogP contribution in [0.4, 0.5) is 18.9 Å². The number of thioether (sulfide) groups is 1. The van der Waals surface area contributed by atoms with E-state index in [1.165, 1.54) is 6.07 Å². The Morgan fingerprint density at radius 3 is 2.63 bits per heavy atom. The molecule has 19 heavy (non-hydrogen) atoms. The van der Waals surface area contributed by atoms with Crippen molar-refractivity contribution in [3.05, 3.63) is 29.3 Å². The summed E-state index contributed by atoms with van der Waals surface area (Å²) in [6.07, 6.45) is -1.48. The van der Waals surface area contributed by atoms with Crippen molar-refractivity contribution in [3.8, 4) is 0 Å². The highest BCUT2D eigenvalue weighted by atomic mass is 32.2. The molecule has 0 saturated carbocycles. The zero-order valence-electron chi connectivity index (χ0n) is 10.4. The summed E-state index contributed by atoms with van der Waals surface area (Å²) in [5.74, 6) is 0.982. The molecule has 1 aromatic carbocycles. The average Bonchev–Trinajstić information content (AvgIpc) is 2.33. The highest BCUT2D eigenvalue weighted by Gasteiger charge is 2.31. The highest BCUT2D eigenvalue weighted by molar-refractivity contribution is 7.98. The van der Waals surface area contributed by atoms with E-state index >= 15 is 0 Å². The lowest BCUT2D eigenvalue weighted by Gasteiger charge is -2.14. The van der Waals surface area contributed by atoms with Gasteiger partial charge in [-0.05, 0) is 36.6 Å². The predicted molar refractivity (Wildman–Crippen MR) is 78.8 cm³/mol. The molecular weight excluding hydrogens is 293 g/mol. The summed E-state index contributed by atoms with van der Waals surface area (Å²) in [7, 11) is 0. The van der Waals surface area contributed by atoms with Gasteiger partial charge in [0.25, 0.3) is 0 Å². The second-order valence-electron chi connectivity index (χ2n) is 3.90. The van der Waals surface area contributed by atoms with Crippen LogP contribution >= 0.6 is 24.0 Å². The fourth-order valence-electron chi connectivity index (χ4n) is 1.52. The van der Waals surface area contributed by atoms with Gasteiger partial charge < -0.3 is 11.1 Å².